The molecule has 0 amide bonds. The van der Waals surface area contributed by atoms with Crippen LogP contribution in [0.25, 0.3) is 22.9 Å². The minimum absolute atomic E-state index is 0.00572. The average Bonchev–Trinajstić information content (AvgIpc) is 3.44. The molecule has 176 valence electrons. The molecule has 0 aliphatic heterocycles. The number of nitrogens with zero attached hydrogens (tertiary/aromatic N) is 2. The van der Waals surface area contributed by atoms with Crippen molar-refractivity contribution in [3.8, 4) is 28.7 Å². The summed E-state index contributed by atoms with van der Waals surface area (Å²) in [4.78, 5) is 25.1. The van der Waals surface area contributed by atoms with E-state index in [-0.39, 0.29) is 6.61 Å². The molecule has 0 aliphatic rings. The zero-order valence-electron chi connectivity index (χ0n) is 19.0. The lowest BCUT2D eigenvalue weighted by Crippen LogP contribution is -2.10. The van der Waals surface area contributed by atoms with Gasteiger partial charge in [0.2, 0.25) is 11.8 Å². The summed E-state index contributed by atoms with van der Waals surface area (Å²) in [5, 5.41) is 8.19. The Morgan fingerprint density at radius 2 is 1.25 bits per heavy atom. The lowest BCUT2D eigenvalue weighted by Gasteiger charge is -2.08. The lowest BCUT2D eigenvalue weighted by atomic mass is 10.1. The van der Waals surface area contributed by atoms with E-state index >= 15 is 0 Å². The molecule has 1 aromatic heterocycles. The van der Waals surface area contributed by atoms with Gasteiger partial charge in [-0.1, -0.05) is 54.6 Å². The monoisotopic (exact) mass is 476 g/mol. The van der Waals surface area contributed by atoms with E-state index in [0.717, 1.165) is 5.56 Å². The summed E-state index contributed by atoms with van der Waals surface area (Å²) in [5.41, 5.74) is 2.77. The molecule has 0 saturated carbocycles. The molecule has 0 aliphatic carbocycles. The molecule has 0 fully saturated rings. The Balaban J connectivity index is 1.24. The number of ether oxygens (including phenoxy) is 2. The van der Waals surface area contributed by atoms with Crippen LogP contribution in [0.15, 0.2) is 114 Å². The number of carbonyl (C=O) groups is 2. The molecule has 36 heavy (non-hydrogen) atoms. The van der Waals surface area contributed by atoms with Gasteiger partial charge >= 0.3 is 11.9 Å². The van der Waals surface area contributed by atoms with Gasteiger partial charge in [-0.25, -0.2) is 9.59 Å². The molecule has 0 unspecified atom stereocenters. The van der Waals surface area contributed by atoms with Crippen molar-refractivity contribution in [2.24, 2.45) is 0 Å². The number of hydrogen-bond acceptors (Lipinski definition) is 7. The maximum Gasteiger partial charge on any atom is 0.343 e. The zero-order valence-corrected chi connectivity index (χ0v) is 19.0. The predicted molar refractivity (Wildman–Crippen MR) is 132 cm³/mol. The van der Waals surface area contributed by atoms with E-state index in [0.29, 0.717) is 39.8 Å². The van der Waals surface area contributed by atoms with Gasteiger partial charge in [-0.3, -0.25) is 0 Å². The highest BCUT2D eigenvalue weighted by Crippen LogP contribution is 2.24. The third-order valence-electron chi connectivity index (χ3n) is 5.28. The second-order valence-corrected chi connectivity index (χ2v) is 7.84. The van der Waals surface area contributed by atoms with Crippen molar-refractivity contribution in [3.05, 3.63) is 126 Å². The summed E-state index contributed by atoms with van der Waals surface area (Å²) in [7, 11) is 0. The van der Waals surface area contributed by atoms with Crippen LogP contribution in [0, 0.1) is 0 Å². The first-order valence-corrected chi connectivity index (χ1v) is 11.2. The molecule has 0 N–H and O–H groups in total. The quantitative estimate of drug-likeness (QED) is 0.211. The van der Waals surface area contributed by atoms with Gasteiger partial charge in [-0.15, -0.1) is 10.2 Å². The maximum absolute atomic E-state index is 12.7. The Morgan fingerprint density at radius 3 is 2.00 bits per heavy atom. The van der Waals surface area contributed by atoms with Gasteiger partial charge in [-0.05, 0) is 60.2 Å². The molecule has 5 aromatic rings. The number of hydrogen-bond donors (Lipinski definition) is 0. The van der Waals surface area contributed by atoms with E-state index in [1.165, 1.54) is 0 Å². The lowest BCUT2D eigenvalue weighted by molar-refractivity contribution is 0.0472. The molecule has 0 atom stereocenters. The highest BCUT2D eigenvalue weighted by Gasteiger charge is 2.15. The topological polar surface area (TPSA) is 91.5 Å². The van der Waals surface area contributed by atoms with E-state index in [4.69, 9.17) is 13.9 Å². The average molecular weight is 476 g/mol. The number of rotatable bonds is 7. The summed E-state index contributed by atoms with van der Waals surface area (Å²) < 4.78 is 16.6. The SMILES string of the molecule is O=C(OCc1cccc(C(=O)Oc2ccccc2)c1)c1cccc(-c2nnc(-c3ccccc3)o2)c1. The Morgan fingerprint density at radius 1 is 0.639 bits per heavy atom. The van der Waals surface area contributed by atoms with Crippen molar-refractivity contribution in [1.82, 2.24) is 10.2 Å². The van der Waals surface area contributed by atoms with Crippen LogP contribution in [-0.2, 0) is 11.3 Å². The summed E-state index contributed by atoms with van der Waals surface area (Å²) in [6.45, 7) is -0.00572. The maximum atomic E-state index is 12.7. The van der Waals surface area contributed by atoms with Gasteiger partial charge in [0.25, 0.3) is 0 Å². The largest absolute Gasteiger partial charge is 0.457 e. The molecule has 1 heterocycles. The van der Waals surface area contributed by atoms with Crippen molar-refractivity contribution in [2.75, 3.05) is 0 Å². The molecule has 0 radical (unpaired) electrons. The Bertz CT molecular complexity index is 1500. The van der Waals surface area contributed by atoms with Crippen molar-refractivity contribution in [3.63, 3.8) is 0 Å². The van der Waals surface area contributed by atoms with Gasteiger partial charge in [0.15, 0.2) is 0 Å². The van der Waals surface area contributed by atoms with Gasteiger partial charge in [0.1, 0.15) is 12.4 Å². The van der Waals surface area contributed by atoms with Crippen molar-refractivity contribution in [2.45, 2.75) is 6.61 Å². The molecule has 7 nitrogen and oxygen atoms in total. The minimum atomic E-state index is -0.517. The van der Waals surface area contributed by atoms with E-state index < -0.39 is 11.9 Å². The minimum Gasteiger partial charge on any atom is -0.457 e. The molecule has 0 bridgehead atoms. The molecule has 5 rings (SSSR count). The Labute approximate surface area is 207 Å². The number of benzene rings is 4. The molecule has 0 spiro atoms. The van der Waals surface area contributed by atoms with Crippen molar-refractivity contribution in [1.29, 1.82) is 0 Å². The predicted octanol–water partition coefficient (Wildman–Crippen LogP) is 5.98. The van der Waals surface area contributed by atoms with Gasteiger partial charge in [-0.2, -0.15) is 0 Å². The van der Waals surface area contributed by atoms with Gasteiger partial charge < -0.3 is 13.9 Å². The van der Waals surface area contributed by atoms with Crippen molar-refractivity contribution < 1.29 is 23.5 Å². The molecular weight excluding hydrogens is 456 g/mol. The van der Waals surface area contributed by atoms with Crippen LogP contribution in [0.2, 0.25) is 0 Å². The molecule has 4 aromatic carbocycles. The van der Waals surface area contributed by atoms with Crippen LogP contribution in [0.3, 0.4) is 0 Å². The summed E-state index contributed by atoms with van der Waals surface area (Å²) in [6.07, 6.45) is 0. The van der Waals surface area contributed by atoms with Crippen LogP contribution >= 0.6 is 0 Å². The summed E-state index contributed by atoms with van der Waals surface area (Å²) >= 11 is 0. The van der Waals surface area contributed by atoms with Crippen LogP contribution in [0.4, 0.5) is 0 Å². The van der Waals surface area contributed by atoms with Gasteiger partial charge in [0.05, 0.1) is 11.1 Å². The smallest absolute Gasteiger partial charge is 0.343 e. The van der Waals surface area contributed by atoms with Crippen LogP contribution in [0.5, 0.6) is 5.75 Å². The summed E-state index contributed by atoms with van der Waals surface area (Å²) in [5.74, 6) is 0.141. The number of carbonyl (C=O) groups excluding carboxylic acids is 2. The normalized spacial score (nSPS) is 10.6. The molecular formula is C29H20N2O5. The summed E-state index contributed by atoms with van der Waals surface area (Å²) in [6, 6.07) is 31.8. The number of aromatic nitrogens is 2. The standard InChI is InChI=1S/C29H20N2O5/c32-28(34-19-20-9-7-13-23(17-20)29(33)35-25-15-5-2-6-16-25)24-14-8-12-22(18-24)27-31-30-26(36-27)21-10-3-1-4-11-21/h1-18H,19H2. The fraction of sp³-hybridized carbons (Fsp3) is 0.0345. The van der Waals surface area contributed by atoms with E-state index in [2.05, 4.69) is 10.2 Å². The van der Waals surface area contributed by atoms with Gasteiger partial charge in [0, 0.05) is 11.1 Å². The van der Waals surface area contributed by atoms with E-state index in [1.54, 1.807) is 72.8 Å². The fourth-order valence-corrected chi connectivity index (χ4v) is 3.49. The zero-order chi connectivity index (χ0) is 24.7. The number of esters is 2. The Hall–Kier alpha value is -5.04. The second kappa shape index (κ2) is 10.5. The first-order valence-electron chi connectivity index (χ1n) is 11.2. The van der Waals surface area contributed by atoms with Crippen LogP contribution in [0.1, 0.15) is 26.3 Å². The van der Waals surface area contributed by atoms with Crippen LogP contribution < -0.4 is 4.74 Å². The highest BCUT2D eigenvalue weighted by atomic mass is 16.5. The third-order valence-corrected chi connectivity index (χ3v) is 5.28. The van der Waals surface area contributed by atoms with Crippen LogP contribution in [-0.4, -0.2) is 22.1 Å². The fourth-order valence-electron chi connectivity index (χ4n) is 3.49. The van der Waals surface area contributed by atoms with E-state index in [1.807, 2.05) is 36.4 Å². The highest BCUT2D eigenvalue weighted by molar-refractivity contribution is 5.92. The second-order valence-electron chi connectivity index (χ2n) is 7.84. The first kappa shape index (κ1) is 22.7. The Kier molecular flexibility index (Phi) is 6.62. The van der Waals surface area contributed by atoms with Crippen molar-refractivity contribution >= 4 is 11.9 Å². The number of para-hydroxylation sites is 1. The molecule has 7 heteroatoms. The first-order chi connectivity index (χ1) is 17.7. The van der Waals surface area contributed by atoms with E-state index in [9.17, 15) is 9.59 Å². The molecule has 0 saturated heterocycles. The third kappa shape index (κ3) is 5.37.